The summed E-state index contributed by atoms with van der Waals surface area (Å²) in [7, 11) is 1.23. The predicted octanol–water partition coefficient (Wildman–Crippen LogP) is 12.2. The van der Waals surface area contributed by atoms with Crippen LogP contribution in [0.3, 0.4) is 0 Å². The van der Waals surface area contributed by atoms with E-state index >= 15 is 0 Å². The zero-order valence-electron chi connectivity index (χ0n) is 37.1. The maximum Gasteiger partial charge on any atom is 0.268 e. The van der Waals surface area contributed by atoms with E-state index in [0.29, 0.717) is 17.4 Å². The van der Waals surface area contributed by atoms with E-state index in [4.69, 9.17) is 9.05 Å². The van der Waals surface area contributed by atoms with Crippen molar-refractivity contribution in [3.8, 4) is 0 Å². The van der Waals surface area contributed by atoms with Crippen LogP contribution in [-0.2, 0) is 18.4 Å². The Labute approximate surface area is 346 Å². The molecular formula is C47H89N2O6P. The van der Waals surface area contributed by atoms with Crippen molar-refractivity contribution in [3.63, 3.8) is 0 Å². The number of aliphatic hydroxyl groups excluding tert-OH is 1. The SMILES string of the molecule is CCC/C=C\CCCCCCCC/C=C/[C@@H](O)[C@H](COP(=O)([O-])OCC[N+](C)(C)C)NC(=O)CCC/C=C\CC/C=C\CCCCCCCCCCCCCC. The number of phosphoric acid groups is 1. The van der Waals surface area contributed by atoms with E-state index in [-0.39, 0.29) is 18.9 Å². The molecule has 0 aromatic rings. The lowest BCUT2D eigenvalue weighted by molar-refractivity contribution is -0.870. The molecule has 56 heavy (non-hydrogen) atoms. The highest BCUT2D eigenvalue weighted by Gasteiger charge is 2.23. The van der Waals surface area contributed by atoms with Crippen molar-refractivity contribution in [1.29, 1.82) is 0 Å². The molecule has 0 saturated heterocycles. The first-order valence-electron chi connectivity index (χ1n) is 23.0. The molecular weight excluding hydrogens is 719 g/mol. The van der Waals surface area contributed by atoms with Crippen LogP contribution in [0.1, 0.15) is 194 Å². The third kappa shape index (κ3) is 40.6. The monoisotopic (exact) mass is 809 g/mol. The molecule has 0 aromatic carbocycles. The minimum Gasteiger partial charge on any atom is -0.756 e. The fourth-order valence-corrected chi connectivity index (χ4v) is 7.01. The molecule has 0 aromatic heterocycles. The van der Waals surface area contributed by atoms with E-state index in [1.807, 2.05) is 27.2 Å². The van der Waals surface area contributed by atoms with E-state index in [2.05, 4.69) is 55.6 Å². The van der Waals surface area contributed by atoms with Crippen molar-refractivity contribution in [2.75, 3.05) is 40.9 Å². The second-order valence-corrected chi connectivity index (χ2v) is 18.1. The fourth-order valence-electron chi connectivity index (χ4n) is 6.29. The van der Waals surface area contributed by atoms with Gasteiger partial charge in [-0.3, -0.25) is 9.36 Å². The Kier molecular flexibility index (Phi) is 37.9. The lowest BCUT2D eigenvalue weighted by atomic mass is 10.0. The molecule has 8 nitrogen and oxygen atoms in total. The van der Waals surface area contributed by atoms with Gasteiger partial charge in [0.15, 0.2) is 0 Å². The summed E-state index contributed by atoms with van der Waals surface area (Å²) >= 11 is 0. The number of aliphatic hydroxyl groups is 1. The molecule has 0 radical (unpaired) electrons. The van der Waals surface area contributed by atoms with E-state index in [9.17, 15) is 19.4 Å². The smallest absolute Gasteiger partial charge is 0.268 e. The molecule has 9 heteroatoms. The molecule has 328 valence electrons. The van der Waals surface area contributed by atoms with Crippen LogP contribution < -0.4 is 10.2 Å². The normalized spacial score (nSPS) is 14.8. The standard InChI is InChI=1S/C47H89N2O6P/c1-6-8-10-12-14-16-18-20-21-22-23-24-25-26-27-29-31-33-35-37-39-41-47(51)48-45(44-55-56(52,53)54-43-42-49(3,4)5)46(50)40-38-36-34-32-30-28-19-17-15-13-11-9-7-2/h11,13,26-27,33,35,38,40,45-46,50H,6-10,12,14-25,28-32,34,36-37,39,41-44H2,1-5H3,(H-,48,51,52,53)/b13-11-,27-26-,35-33-,40-38+/t45-,46+/m0/s1. The van der Waals surface area contributed by atoms with Crippen LogP contribution in [-0.4, -0.2) is 68.5 Å². The number of hydrogen-bond donors (Lipinski definition) is 2. The molecule has 0 aliphatic carbocycles. The summed E-state index contributed by atoms with van der Waals surface area (Å²) in [6, 6.07) is -0.911. The molecule has 1 amide bonds. The first-order valence-corrected chi connectivity index (χ1v) is 24.5. The lowest BCUT2D eigenvalue weighted by Gasteiger charge is -2.29. The molecule has 3 atom stereocenters. The Balaban J connectivity index is 4.42. The molecule has 0 bridgehead atoms. The molecule has 0 spiro atoms. The second-order valence-electron chi connectivity index (χ2n) is 16.7. The topological polar surface area (TPSA) is 108 Å². The number of quaternary nitrogens is 1. The van der Waals surface area contributed by atoms with Crippen LogP contribution in [0.5, 0.6) is 0 Å². The maximum absolute atomic E-state index is 12.8. The summed E-state index contributed by atoms with van der Waals surface area (Å²) in [6.45, 7) is 4.55. The summed E-state index contributed by atoms with van der Waals surface area (Å²) in [5.74, 6) is -0.243. The minimum atomic E-state index is -4.60. The third-order valence-electron chi connectivity index (χ3n) is 9.96. The van der Waals surface area contributed by atoms with Gasteiger partial charge in [-0.2, -0.15) is 0 Å². The van der Waals surface area contributed by atoms with Crippen molar-refractivity contribution in [1.82, 2.24) is 5.32 Å². The van der Waals surface area contributed by atoms with Gasteiger partial charge in [0.1, 0.15) is 13.2 Å². The van der Waals surface area contributed by atoms with Crippen molar-refractivity contribution in [2.45, 2.75) is 206 Å². The summed E-state index contributed by atoms with van der Waals surface area (Å²) < 4.78 is 23.2. The van der Waals surface area contributed by atoms with Crippen LogP contribution in [0.4, 0.5) is 0 Å². The van der Waals surface area contributed by atoms with Gasteiger partial charge in [-0.15, -0.1) is 0 Å². The van der Waals surface area contributed by atoms with Crippen LogP contribution in [0.15, 0.2) is 48.6 Å². The summed E-state index contributed by atoms with van der Waals surface area (Å²) in [5.41, 5.74) is 0. The van der Waals surface area contributed by atoms with Gasteiger partial charge in [-0.25, -0.2) is 0 Å². The number of carbonyl (C=O) groups is 1. The highest BCUT2D eigenvalue weighted by atomic mass is 31.2. The summed E-state index contributed by atoms with van der Waals surface area (Å²) in [4.78, 5) is 25.3. The van der Waals surface area contributed by atoms with Crippen molar-refractivity contribution in [2.24, 2.45) is 0 Å². The van der Waals surface area contributed by atoms with Gasteiger partial charge >= 0.3 is 0 Å². The molecule has 0 fully saturated rings. The highest BCUT2D eigenvalue weighted by molar-refractivity contribution is 7.45. The van der Waals surface area contributed by atoms with Gasteiger partial charge in [0, 0.05) is 6.42 Å². The number of hydrogen-bond acceptors (Lipinski definition) is 6. The largest absolute Gasteiger partial charge is 0.756 e. The average Bonchev–Trinajstić information content (AvgIpc) is 3.15. The van der Waals surface area contributed by atoms with Crippen molar-refractivity contribution < 1.29 is 32.9 Å². The highest BCUT2D eigenvalue weighted by Crippen LogP contribution is 2.38. The second kappa shape index (κ2) is 38.9. The van der Waals surface area contributed by atoms with Crippen LogP contribution >= 0.6 is 7.82 Å². The number of amides is 1. The number of likely N-dealkylation sites (N-methyl/N-ethyl adjacent to an activating group) is 1. The Morgan fingerprint density at radius 3 is 1.52 bits per heavy atom. The number of nitrogens with zero attached hydrogens (tertiary/aromatic N) is 1. The van der Waals surface area contributed by atoms with Gasteiger partial charge in [-0.1, -0.05) is 165 Å². The maximum atomic E-state index is 12.8. The Morgan fingerprint density at radius 1 is 0.607 bits per heavy atom. The zero-order valence-corrected chi connectivity index (χ0v) is 38.0. The first kappa shape index (κ1) is 54.5. The number of unbranched alkanes of at least 4 members (excludes halogenated alkanes) is 22. The number of phosphoric ester groups is 1. The number of rotatable bonds is 41. The van der Waals surface area contributed by atoms with Gasteiger partial charge in [0.05, 0.1) is 39.9 Å². The van der Waals surface area contributed by atoms with Gasteiger partial charge in [0.2, 0.25) is 5.91 Å². The Morgan fingerprint density at radius 2 is 1.04 bits per heavy atom. The van der Waals surface area contributed by atoms with Gasteiger partial charge < -0.3 is 28.8 Å². The van der Waals surface area contributed by atoms with E-state index < -0.39 is 26.6 Å². The van der Waals surface area contributed by atoms with E-state index in [0.717, 1.165) is 38.5 Å². The molecule has 0 aliphatic rings. The molecule has 1 unspecified atom stereocenters. The minimum absolute atomic E-state index is 0.0109. The molecule has 0 aliphatic heterocycles. The summed E-state index contributed by atoms with van der Waals surface area (Å²) in [6.07, 6.45) is 48.9. The Bertz CT molecular complexity index is 1050. The quantitative estimate of drug-likeness (QED) is 0.0276. The van der Waals surface area contributed by atoms with Crippen LogP contribution in [0.2, 0.25) is 0 Å². The third-order valence-corrected chi connectivity index (χ3v) is 10.9. The van der Waals surface area contributed by atoms with E-state index in [1.54, 1.807) is 6.08 Å². The van der Waals surface area contributed by atoms with Crippen LogP contribution in [0, 0.1) is 0 Å². The average molecular weight is 809 g/mol. The molecule has 2 N–H and O–H groups in total. The molecule has 0 rings (SSSR count). The fraction of sp³-hybridized carbons (Fsp3) is 0.809. The van der Waals surface area contributed by atoms with Gasteiger partial charge in [-0.05, 0) is 70.6 Å². The number of carbonyl (C=O) groups excluding carboxylic acids is 1. The molecule has 0 saturated carbocycles. The van der Waals surface area contributed by atoms with Crippen molar-refractivity contribution >= 4 is 13.7 Å². The number of nitrogens with one attached hydrogen (secondary N) is 1. The lowest BCUT2D eigenvalue weighted by Crippen LogP contribution is -2.45. The first-order chi connectivity index (χ1) is 27.0. The summed E-state index contributed by atoms with van der Waals surface area (Å²) in [5, 5.41) is 13.7. The van der Waals surface area contributed by atoms with Crippen molar-refractivity contribution in [3.05, 3.63) is 48.6 Å². The van der Waals surface area contributed by atoms with Crippen LogP contribution in [0.25, 0.3) is 0 Å². The zero-order chi connectivity index (χ0) is 41.4. The molecule has 0 heterocycles. The van der Waals surface area contributed by atoms with Gasteiger partial charge in [0.25, 0.3) is 7.82 Å². The van der Waals surface area contributed by atoms with E-state index in [1.165, 1.54) is 128 Å². The Hall–Kier alpha value is -1.54. The predicted molar refractivity (Wildman–Crippen MR) is 238 cm³/mol. The number of allylic oxidation sites excluding steroid dienone is 7.